The van der Waals surface area contributed by atoms with Gasteiger partial charge >= 0.3 is 0 Å². The van der Waals surface area contributed by atoms with Crippen LogP contribution in [-0.4, -0.2) is 33.0 Å². The van der Waals surface area contributed by atoms with Gasteiger partial charge in [-0.15, -0.1) is 9.24 Å². The van der Waals surface area contributed by atoms with Crippen molar-refractivity contribution in [2.75, 3.05) is 33.0 Å². The maximum absolute atomic E-state index is 5.14. The predicted octanol–water partition coefficient (Wildman–Crippen LogP) is 0.0975. The molecule has 0 heterocycles. The maximum Gasteiger partial charge on any atom is 0.0590 e. The van der Waals surface area contributed by atoms with E-state index in [4.69, 9.17) is 4.74 Å². The molecule has 1 N–H and O–H groups in total. The van der Waals surface area contributed by atoms with Crippen molar-refractivity contribution >= 4 is 9.24 Å². The molecule has 0 aromatic rings. The van der Waals surface area contributed by atoms with Crippen molar-refractivity contribution in [3.8, 4) is 0 Å². The van der Waals surface area contributed by atoms with Gasteiger partial charge in [-0.2, -0.15) is 0 Å². The lowest BCUT2D eigenvalue weighted by Crippen LogP contribution is -2.14. The molecule has 0 rings (SSSR count). The number of ether oxygens (including phenoxy) is 1. The second-order valence-electron chi connectivity index (χ2n) is 1.50. The van der Waals surface area contributed by atoms with Crippen molar-refractivity contribution < 1.29 is 4.74 Å². The van der Waals surface area contributed by atoms with Crippen molar-refractivity contribution in [3.63, 3.8) is 0 Å². The van der Waals surface area contributed by atoms with Gasteiger partial charge in [-0.3, -0.25) is 0 Å². The Morgan fingerprint density at radius 3 is 2.75 bits per heavy atom. The molecule has 1 atom stereocenters. The second-order valence-corrected chi connectivity index (χ2v) is 2.08. The van der Waals surface area contributed by atoms with Gasteiger partial charge in [-0.25, -0.2) is 0 Å². The van der Waals surface area contributed by atoms with Gasteiger partial charge in [0.2, 0.25) is 0 Å². The van der Waals surface area contributed by atoms with Crippen LogP contribution < -0.4 is 5.32 Å². The third-order valence-corrected chi connectivity index (χ3v) is 0.994. The molecule has 1 unspecified atom stereocenters. The highest BCUT2D eigenvalue weighted by Crippen LogP contribution is 1.79. The molecule has 0 aromatic heterocycles. The van der Waals surface area contributed by atoms with Crippen LogP contribution >= 0.6 is 9.24 Å². The van der Waals surface area contributed by atoms with Crippen molar-refractivity contribution in [1.29, 1.82) is 0 Å². The molecule has 0 aliphatic carbocycles. The minimum Gasteiger partial charge on any atom is -0.380 e. The molecule has 8 heavy (non-hydrogen) atoms. The van der Waals surface area contributed by atoms with Crippen molar-refractivity contribution in [3.05, 3.63) is 0 Å². The normalized spacial score (nSPS) is 9.75. The molecule has 50 valence electrons. The van der Waals surface area contributed by atoms with E-state index >= 15 is 0 Å². The van der Waals surface area contributed by atoms with Crippen molar-refractivity contribution in [1.82, 2.24) is 5.32 Å². The van der Waals surface area contributed by atoms with Gasteiger partial charge in [0.25, 0.3) is 0 Å². The molecule has 0 fully saturated rings. The highest BCUT2D eigenvalue weighted by Gasteiger charge is 1.80. The first-order chi connectivity index (χ1) is 3.91. The summed E-state index contributed by atoms with van der Waals surface area (Å²) in [6.07, 6.45) is 1.03. The molecular formula is C5H14NOP. The highest BCUT2D eigenvalue weighted by atomic mass is 31.0. The highest BCUT2D eigenvalue weighted by molar-refractivity contribution is 7.16. The number of rotatable bonds is 5. The number of nitrogens with one attached hydrogen (secondary N) is 1. The lowest BCUT2D eigenvalue weighted by molar-refractivity contribution is 0.153. The third-order valence-electron chi connectivity index (χ3n) is 0.759. The van der Waals surface area contributed by atoms with Crippen LogP contribution in [0.25, 0.3) is 0 Å². The molecule has 3 heteroatoms. The number of hydrogen-bond acceptors (Lipinski definition) is 2. The second kappa shape index (κ2) is 7.35. The lowest BCUT2D eigenvalue weighted by atomic mass is 10.7. The molecule has 0 radical (unpaired) electrons. The molecule has 0 amide bonds. The van der Waals surface area contributed by atoms with Crippen LogP contribution in [0.1, 0.15) is 0 Å². The summed E-state index contributed by atoms with van der Waals surface area (Å²) in [5, 5.41) is 2.99. The van der Waals surface area contributed by atoms with Gasteiger partial charge < -0.3 is 10.1 Å². The maximum atomic E-state index is 5.14. The molecule has 0 spiro atoms. The minimum absolute atomic E-state index is 0.824. The summed E-state index contributed by atoms with van der Waals surface area (Å²) in [4.78, 5) is 0. The SMILES string of the molecule is CNCCOCCP. The van der Waals surface area contributed by atoms with E-state index in [-0.39, 0.29) is 0 Å². The molecule has 0 bridgehead atoms. The Balaban J connectivity index is 2.53. The summed E-state index contributed by atoms with van der Waals surface area (Å²) in [5.74, 6) is 0. The Morgan fingerprint density at radius 1 is 1.50 bits per heavy atom. The van der Waals surface area contributed by atoms with Crippen molar-refractivity contribution in [2.45, 2.75) is 0 Å². The van der Waals surface area contributed by atoms with E-state index in [0.717, 1.165) is 25.9 Å². The van der Waals surface area contributed by atoms with Crippen LogP contribution in [0.2, 0.25) is 0 Å². The van der Waals surface area contributed by atoms with Crippen LogP contribution in [-0.2, 0) is 4.74 Å². The fourth-order valence-corrected chi connectivity index (χ4v) is 0.526. The Bertz CT molecular complexity index is 37.4. The topological polar surface area (TPSA) is 21.3 Å². The average molecular weight is 135 g/mol. The van der Waals surface area contributed by atoms with E-state index in [9.17, 15) is 0 Å². The monoisotopic (exact) mass is 135 g/mol. The van der Waals surface area contributed by atoms with Gasteiger partial charge in [0.1, 0.15) is 0 Å². The fraction of sp³-hybridized carbons (Fsp3) is 1.00. The lowest BCUT2D eigenvalue weighted by Gasteiger charge is -1.98. The first-order valence-electron chi connectivity index (χ1n) is 2.84. The fourth-order valence-electron chi connectivity index (χ4n) is 0.360. The zero-order valence-corrected chi connectivity index (χ0v) is 6.47. The van der Waals surface area contributed by atoms with E-state index in [2.05, 4.69) is 14.6 Å². The van der Waals surface area contributed by atoms with E-state index < -0.39 is 0 Å². The molecule has 0 aliphatic heterocycles. The van der Waals surface area contributed by atoms with Crippen LogP contribution in [0.5, 0.6) is 0 Å². The van der Waals surface area contributed by atoms with Crippen LogP contribution in [0.4, 0.5) is 0 Å². The molecule has 0 aromatic carbocycles. The quantitative estimate of drug-likeness (QED) is 0.426. The largest absolute Gasteiger partial charge is 0.380 e. The van der Waals surface area contributed by atoms with Gasteiger partial charge in [-0.05, 0) is 13.2 Å². The zero-order valence-electron chi connectivity index (χ0n) is 5.31. The summed E-state index contributed by atoms with van der Waals surface area (Å²) < 4.78 is 5.14. The Kier molecular flexibility index (Phi) is 7.67. The molecular weight excluding hydrogens is 121 g/mol. The molecule has 0 aliphatic rings. The van der Waals surface area contributed by atoms with Gasteiger partial charge in [0.05, 0.1) is 13.2 Å². The minimum atomic E-state index is 0.824. The Hall–Kier alpha value is 0.350. The first-order valence-corrected chi connectivity index (χ1v) is 3.66. The van der Waals surface area contributed by atoms with Gasteiger partial charge in [-0.1, -0.05) is 0 Å². The molecule has 0 saturated carbocycles. The van der Waals surface area contributed by atoms with E-state index in [1.54, 1.807) is 0 Å². The van der Waals surface area contributed by atoms with Gasteiger partial charge in [0.15, 0.2) is 0 Å². The van der Waals surface area contributed by atoms with Crippen LogP contribution in [0.15, 0.2) is 0 Å². The van der Waals surface area contributed by atoms with Crippen LogP contribution in [0.3, 0.4) is 0 Å². The van der Waals surface area contributed by atoms with E-state index in [1.807, 2.05) is 7.05 Å². The summed E-state index contributed by atoms with van der Waals surface area (Å²) >= 11 is 0. The smallest absolute Gasteiger partial charge is 0.0590 e. The first kappa shape index (κ1) is 8.35. The van der Waals surface area contributed by atoms with Gasteiger partial charge in [0, 0.05) is 6.54 Å². The summed E-state index contributed by atoms with van der Waals surface area (Å²) in [6, 6.07) is 0. The van der Waals surface area contributed by atoms with Crippen LogP contribution in [0, 0.1) is 0 Å². The Labute approximate surface area is 53.2 Å². The predicted molar refractivity (Wildman–Crippen MR) is 39.3 cm³/mol. The standard InChI is InChI=1S/C5H14NOP/c1-6-2-3-7-4-5-8/h6H,2-5,8H2,1H3. The van der Waals surface area contributed by atoms with E-state index in [1.165, 1.54) is 0 Å². The molecule has 0 saturated heterocycles. The number of hydrogen-bond donors (Lipinski definition) is 1. The average Bonchev–Trinajstić information content (AvgIpc) is 1.81. The summed E-state index contributed by atoms with van der Waals surface area (Å²) in [7, 11) is 4.54. The zero-order chi connectivity index (χ0) is 6.24. The summed E-state index contributed by atoms with van der Waals surface area (Å²) in [5.41, 5.74) is 0. The van der Waals surface area contributed by atoms with Crippen molar-refractivity contribution in [2.24, 2.45) is 0 Å². The third kappa shape index (κ3) is 6.35. The summed E-state index contributed by atoms with van der Waals surface area (Å²) in [6.45, 7) is 2.63. The Morgan fingerprint density at radius 2 is 2.25 bits per heavy atom. The number of likely N-dealkylation sites (N-methyl/N-ethyl adjacent to an activating group) is 1. The van der Waals surface area contributed by atoms with E-state index in [0.29, 0.717) is 0 Å². The molecule has 2 nitrogen and oxygen atoms in total.